The van der Waals surface area contributed by atoms with Gasteiger partial charge in [-0.1, -0.05) is 146 Å². The van der Waals surface area contributed by atoms with Gasteiger partial charge in [0.1, 0.15) is 0 Å². The summed E-state index contributed by atoms with van der Waals surface area (Å²) in [4.78, 5) is -1.16. The Balaban J connectivity index is 0.000000235. The first-order chi connectivity index (χ1) is 48.2. The Kier molecular flexibility index (Phi) is 40.0. The second-order valence-corrected chi connectivity index (χ2v) is 45.7. The third-order valence-electron chi connectivity index (χ3n) is 14.5. The summed E-state index contributed by atoms with van der Waals surface area (Å²) in [6.07, 6.45) is 0. The Morgan fingerprint density at radius 2 is 0.553 bits per heavy atom. The number of hydrogen-bond donors (Lipinski definition) is 0. The maximum Gasteiger partial charge on any atom is 0.200 e. The van der Waals surface area contributed by atoms with Gasteiger partial charge in [-0.25, -0.2) is 65.9 Å². The van der Waals surface area contributed by atoms with Gasteiger partial charge in [0.2, 0.25) is 17.5 Å². The van der Waals surface area contributed by atoms with Crippen LogP contribution < -0.4 is 0 Å². The van der Waals surface area contributed by atoms with Crippen molar-refractivity contribution in [2.24, 2.45) is 0 Å². The van der Waals surface area contributed by atoms with Crippen molar-refractivity contribution < 1.29 is 65.9 Å². The summed E-state index contributed by atoms with van der Waals surface area (Å²) in [6, 6.07) is 17.1. The number of thioether (sulfide) groups is 12. The Labute approximate surface area is 660 Å². The minimum Gasteiger partial charge on any atom is -0.202 e. The number of aryl methyl sites for hydroxylation is 6. The van der Waals surface area contributed by atoms with E-state index in [2.05, 4.69) is 276 Å². The van der Waals surface area contributed by atoms with E-state index in [0.29, 0.717) is 26.2 Å². The fourth-order valence-corrected chi connectivity index (χ4v) is 28.3. The van der Waals surface area contributed by atoms with E-state index in [0.717, 1.165) is 42.0 Å². The van der Waals surface area contributed by atoms with Crippen LogP contribution in [0.5, 0.6) is 0 Å². The fraction of sp³-hybridized carbons (Fsp3) is 0.514. The highest BCUT2D eigenvalue weighted by atomic mass is 32.2. The minimum atomic E-state index is -2.54. The maximum absolute atomic E-state index is 13.4. The van der Waals surface area contributed by atoms with E-state index in [1.807, 2.05) is 0 Å². The van der Waals surface area contributed by atoms with Crippen LogP contribution in [0, 0.1) is 129 Å². The Bertz CT molecular complexity index is 3360. The molecule has 3 aliphatic heterocycles. The van der Waals surface area contributed by atoms with Crippen molar-refractivity contribution in [1.82, 2.24) is 0 Å². The fourth-order valence-electron chi connectivity index (χ4n) is 9.48. The molecule has 6 aromatic carbocycles. The number of hydrogen-bond acceptors (Lipinski definition) is 14. The zero-order valence-corrected chi connectivity index (χ0v) is 71.6. The molecule has 3 heterocycles. The first-order valence-corrected chi connectivity index (χ1v) is 46.7. The lowest BCUT2D eigenvalue weighted by Gasteiger charge is -2.30. The zero-order chi connectivity index (χ0) is 77.0. The molecule has 0 N–H and O–H groups in total. The molecule has 3 aliphatic rings. The highest BCUT2D eigenvalue weighted by Gasteiger charge is 2.33. The molecule has 29 heteroatoms. The predicted molar refractivity (Wildman–Crippen MR) is 433 cm³/mol. The lowest BCUT2D eigenvalue weighted by molar-refractivity contribution is 0.356. The van der Waals surface area contributed by atoms with Crippen molar-refractivity contribution >= 4 is 165 Å². The predicted octanol–water partition coefficient (Wildman–Crippen LogP) is 27.2. The van der Waals surface area contributed by atoms with Crippen LogP contribution in [-0.2, 0) is 0 Å². The lowest BCUT2D eigenvalue weighted by Crippen LogP contribution is -2.27. The molecule has 574 valence electrons. The van der Waals surface area contributed by atoms with Crippen molar-refractivity contribution in [3.63, 3.8) is 0 Å². The van der Waals surface area contributed by atoms with E-state index in [1.54, 1.807) is 18.2 Å². The molecule has 6 aromatic rings. The van der Waals surface area contributed by atoms with E-state index < -0.39 is 114 Å². The standard InChI is InChI=1S/C24H32S4.C14H28S4.C12F10S.C12H5F5S.C12H24S4/c1-15-7-17(3)23(18(4)8-15)27-13-21-11-26-22(12-25-21)14-28-24-19(5)9-16(2)10-20(24)6;1-13(2,3)17-9-11-7-16-12(8-15-11)10-18-14(4,5)6;13-1-3(15)7(19)11(8(20)4(1)16)23-12-9(21)5(17)2(14)6(18)10(12)22;13-7-8(14)10(16)12(11(17)9(7)15)18-6-4-2-1-3-5-6;1-9(2)13-5-11-7-16-12(8-15-11)6-14-10(3)4/h7-10,21-22H,11-14H2,1-6H3;11-12H,7-10H2,1-6H3;;1-5H;9-12H,5-8H2,1-4H3. The van der Waals surface area contributed by atoms with Crippen molar-refractivity contribution in [1.29, 1.82) is 0 Å². The molecule has 6 unspecified atom stereocenters. The zero-order valence-electron chi connectivity index (χ0n) is 60.2. The van der Waals surface area contributed by atoms with Gasteiger partial charge in [-0.2, -0.15) is 118 Å². The molecule has 3 saturated heterocycles. The summed E-state index contributed by atoms with van der Waals surface area (Å²) < 4.78 is 197. The van der Waals surface area contributed by atoms with Gasteiger partial charge in [-0.05, 0) is 86.4 Å². The van der Waals surface area contributed by atoms with E-state index in [9.17, 15) is 65.9 Å². The molecule has 0 radical (unpaired) electrons. The average molecular weight is 1710 g/mol. The summed E-state index contributed by atoms with van der Waals surface area (Å²) >= 11 is 25.5. The van der Waals surface area contributed by atoms with Crippen molar-refractivity contribution in [3.8, 4) is 0 Å². The molecule has 0 amide bonds. The molecule has 0 aliphatic carbocycles. The highest BCUT2D eigenvalue weighted by molar-refractivity contribution is 8.10. The summed E-state index contributed by atoms with van der Waals surface area (Å²) in [5.74, 6) is -18.6. The molecule has 0 bridgehead atoms. The van der Waals surface area contributed by atoms with Crippen LogP contribution in [0.3, 0.4) is 0 Å². The lowest BCUT2D eigenvalue weighted by atomic mass is 10.1. The van der Waals surface area contributed by atoms with Crippen molar-refractivity contribution in [3.05, 3.63) is 175 Å². The molecular formula is C74H89F15S14. The topological polar surface area (TPSA) is 0 Å². The molecule has 9 rings (SSSR count). The van der Waals surface area contributed by atoms with Crippen LogP contribution in [0.15, 0.2) is 84.0 Å². The van der Waals surface area contributed by atoms with Gasteiger partial charge >= 0.3 is 0 Å². The van der Waals surface area contributed by atoms with Gasteiger partial charge < -0.3 is 0 Å². The minimum absolute atomic E-state index is 0.376. The Morgan fingerprint density at radius 1 is 0.320 bits per heavy atom. The summed E-state index contributed by atoms with van der Waals surface area (Å²) in [6.45, 7) is 36.5. The smallest absolute Gasteiger partial charge is 0.200 e. The SMILES string of the molecule is CC(C)(C)SCC1CSC(CSC(C)(C)C)CS1.CC(C)SCC1CSC(CSC(C)C)CS1.Cc1cc(C)c(SCC2CSC(CSc3c(C)cc(C)cc3C)CS2)c(C)c1.Fc1c(F)c(F)c(Sc2c(F)c(F)c(F)c(F)c2F)c(F)c1F.Fc1c(F)c(F)c(Sc2ccccc2)c(F)c1F. The van der Waals surface area contributed by atoms with Crippen LogP contribution in [0.25, 0.3) is 0 Å². The normalized spacial score (nSPS) is 18.5. The van der Waals surface area contributed by atoms with Crippen LogP contribution >= 0.6 is 165 Å². The maximum atomic E-state index is 13.4. The molecule has 0 spiro atoms. The van der Waals surface area contributed by atoms with E-state index in [1.165, 1.54) is 124 Å². The molecule has 3 fully saturated rings. The van der Waals surface area contributed by atoms with Crippen LogP contribution in [0.1, 0.15) is 103 Å². The van der Waals surface area contributed by atoms with Crippen molar-refractivity contribution in [2.75, 3.05) is 69.0 Å². The Hall–Kier alpha value is -0.830. The van der Waals surface area contributed by atoms with Gasteiger partial charge in [0.15, 0.2) is 69.8 Å². The van der Waals surface area contributed by atoms with Crippen LogP contribution in [-0.4, -0.2) is 121 Å². The average Bonchev–Trinajstić information content (AvgIpc) is 0.780. The van der Waals surface area contributed by atoms with Gasteiger partial charge in [-0.15, -0.1) is 23.5 Å². The van der Waals surface area contributed by atoms with Gasteiger partial charge in [0.25, 0.3) is 0 Å². The number of rotatable bonds is 20. The molecular weight excluding hydrogens is 1620 g/mol. The number of halogens is 15. The first-order valence-electron chi connectivity index (χ1n) is 32.7. The molecule has 0 nitrogen and oxygen atoms in total. The van der Waals surface area contributed by atoms with Gasteiger partial charge in [0.05, 0.1) is 14.7 Å². The first kappa shape index (κ1) is 92.8. The largest absolute Gasteiger partial charge is 0.202 e. The third kappa shape index (κ3) is 30.3. The van der Waals surface area contributed by atoms with Gasteiger partial charge in [0, 0.05) is 125 Å². The summed E-state index contributed by atoms with van der Waals surface area (Å²) in [5, 5.41) is 6.68. The quantitative estimate of drug-likeness (QED) is 0.0308. The van der Waals surface area contributed by atoms with Gasteiger partial charge in [-0.3, -0.25) is 0 Å². The summed E-state index contributed by atoms with van der Waals surface area (Å²) in [5.41, 5.74) is 8.51. The van der Waals surface area contributed by atoms with E-state index in [4.69, 9.17) is 0 Å². The number of benzene rings is 6. The molecule has 0 aromatic heterocycles. The molecule has 0 saturated carbocycles. The highest BCUT2D eigenvalue weighted by Crippen LogP contribution is 2.44. The Morgan fingerprint density at radius 3 is 0.796 bits per heavy atom. The molecule has 6 atom stereocenters. The summed E-state index contributed by atoms with van der Waals surface area (Å²) in [7, 11) is 0. The van der Waals surface area contributed by atoms with Crippen LogP contribution in [0.2, 0.25) is 0 Å². The van der Waals surface area contributed by atoms with Crippen molar-refractivity contribution in [2.45, 2.75) is 192 Å². The third-order valence-corrected chi connectivity index (χ3v) is 36.0. The van der Waals surface area contributed by atoms with E-state index >= 15 is 0 Å². The second kappa shape index (κ2) is 44.4. The molecule has 103 heavy (non-hydrogen) atoms. The van der Waals surface area contributed by atoms with E-state index in [-0.39, 0.29) is 0 Å². The van der Waals surface area contributed by atoms with Crippen LogP contribution in [0.4, 0.5) is 65.9 Å². The second-order valence-electron chi connectivity index (χ2n) is 26.6. The monoisotopic (exact) mass is 1710 g/mol.